The van der Waals surface area contributed by atoms with E-state index >= 15 is 0 Å². The van der Waals surface area contributed by atoms with E-state index < -0.39 is 20.9 Å². The highest BCUT2D eigenvalue weighted by Crippen LogP contribution is 2.29. The van der Waals surface area contributed by atoms with Crippen LogP contribution in [0, 0.1) is 16.0 Å². The summed E-state index contributed by atoms with van der Waals surface area (Å²) in [7, 11) is -4.25. The second-order valence-corrected chi connectivity index (χ2v) is 9.58. The number of rotatable bonds is 7. The summed E-state index contributed by atoms with van der Waals surface area (Å²) in [6.07, 6.45) is 2.09. The molecule has 2 N–H and O–H groups in total. The Hall–Kier alpha value is -2.59. The highest BCUT2D eigenvalue weighted by atomic mass is 32.2. The molecule has 1 amide bonds. The van der Waals surface area contributed by atoms with Crippen molar-refractivity contribution in [3.8, 4) is 0 Å². The number of carbonyl (C=O) groups is 1. The van der Waals surface area contributed by atoms with Crippen LogP contribution in [-0.4, -0.2) is 37.3 Å². The van der Waals surface area contributed by atoms with E-state index in [1.54, 1.807) is 18.2 Å². The summed E-state index contributed by atoms with van der Waals surface area (Å²) >= 11 is 1.90. The molecule has 1 saturated heterocycles. The summed E-state index contributed by atoms with van der Waals surface area (Å²) < 4.78 is 27.0. The highest BCUT2D eigenvalue weighted by Gasteiger charge is 2.24. The summed E-state index contributed by atoms with van der Waals surface area (Å²) in [5, 5.41) is 14.6. The molecule has 1 aliphatic heterocycles. The molecule has 154 valence electrons. The van der Waals surface area contributed by atoms with E-state index in [-0.39, 0.29) is 21.8 Å². The van der Waals surface area contributed by atoms with Crippen LogP contribution in [0.1, 0.15) is 23.2 Å². The van der Waals surface area contributed by atoms with Crippen LogP contribution in [0.5, 0.6) is 0 Å². The Bertz CT molecular complexity index is 990. The van der Waals surface area contributed by atoms with Crippen molar-refractivity contribution in [1.29, 1.82) is 0 Å². The van der Waals surface area contributed by atoms with Gasteiger partial charge >= 0.3 is 0 Å². The number of nitrogens with zero attached hydrogens (tertiary/aromatic N) is 1. The van der Waals surface area contributed by atoms with Crippen LogP contribution in [-0.2, 0) is 10.0 Å². The Morgan fingerprint density at radius 1 is 1.14 bits per heavy atom. The van der Waals surface area contributed by atoms with Gasteiger partial charge in [-0.25, -0.2) is 13.1 Å². The minimum atomic E-state index is -4.25. The molecule has 0 bridgehead atoms. The molecule has 3 rings (SSSR count). The Morgan fingerprint density at radius 2 is 1.83 bits per heavy atom. The standard InChI is InChI=1S/C19H21N3O5S2/c23-19(15-4-2-1-3-5-15)21-29(26,27)16-6-7-17(18(12-16)22(24)25)20-13-14-8-10-28-11-9-14/h1-7,12,14,20H,8-11,13H2,(H,21,23). The largest absolute Gasteiger partial charge is 0.379 e. The van der Waals surface area contributed by atoms with E-state index in [0.717, 1.165) is 30.4 Å². The van der Waals surface area contributed by atoms with E-state index in [1.165, 1.54) is 24.3 Å². The molecule has 1 aliphatic rings. The van der Waals surface area contributed by atoms with Crippen molar-refractivity contribution in [2.24, 2.45) is 5.92 Å². The van der Waals surface area contributed by atoms with E-state index in [4.69, 9.17) is 0 Å². The fourth-order valence-electron chi connectivity index (χ4n) is 3.01. The first-order valence-electron chi connectivity index (χ1n) is 9.09. The topological polar surface area (TPSA) is 118 Å². The Labute approximate surface area is 173 Å². The number of nitrogens with one attached hydrogen (secondary N) is 2. The van der Waals surface area contributed by atoms with Crippen LogP contribution < -0.4 is 10.0 Å². The maximum Gasteiger partial charge on any atom is 0.293 e. The molecule has 0 spiro atoms. The molecular weight excluding hydrogens is 414 g/mol. The lowest BCUT2D eigenvalue weighted by molar-refractivity contribution is -0.384. The molecule has 0 radical (unpaired) electrons. The fraction of sp³-hybridized carbons (Fsp3) is 0.316. The van der Waals surface area contributed by atoms with Gasteiger partial charge < -0.3 is 5.32 Å². The molecule has 29 heavy (non-hydrogen) atoms. The number of nitro groups is 1. The molecule has 0 aromatic heterocycles. The van der Waals surface area contributed by atoms with Crippen LogP contribution in [0.4, 0.5) is 11.4 Å². The number of carbonyl (C=O) groups excluding carboxylic acids is 1. The van der Waals surface area contributed by atoms with E-state index in [1.807, 2.05) is 16.5 Å². The zero-order valence-corrected chi connectivity index (χ0v) is 17.2. The average Bonchev–Trinajstić information content (AvgIpc) is 2.73. The van der Waals surface area contributed by atoms with Gasteiger partial charge in [-0.1, -0.05) is 18.2 Å². The lowest BCUT2D eigenvalue weighted by atomic mass is 10.0. The van der Waals surface area contributed by atoms with Gasteiger partial charge in [0.2, 0.25) is 0 Å². The lowest BCUT2D eigenvalue weighted by Crippen LogP contribution is -2.30. The number of nitro benzene ring substituents is 1. The monoisotopic (exact) mass is 435 g/mol. The molecule has 0 unspecified atom stereocenters. The van der Waals surface area contributed by atoms with Gasteiger partial charge in [0.25, 0.3) is 21.6 Å². The van der Waals surface area contributed by atoms with Crippen LogP contribution >= 0.6 is 11.8 Å². The zero-order valence-electron chi connectivity index (χ0n) is 15.5. The third-order valence-corrected chi connectivity index (χ3v) is 7.04. The summed E-state index contributed by atoms with van der Waals surface area (Å²) in [6, 6.07) is 11.5. The molecule has 0 atom stereocenters. The summed E-state index contributed by atoms with van der Waals surface area (Å²) in [6.45, 7) is 0.595. The van der Waals surface area contributed by atoms with Gasteiger partial charge in [-0.2, -0.15) is 11.8 Å². The third kappa shape index (κ3) is 5.48. The number of amides is 1. The highest BCUT2D eigenvalue weighted by molar-refractivity contribution is 7.99. The minimum absolute atomic E-state index is 0.175. The lowest BCUT2D eigenvalue weighted by Gasteiger charge is -2.22. The second-order valence-electron chi connectivity index (χ2n) is 6.67. The van der Waals surface area contributed by atoms with Gasteiger partial charge in [-0.15, -0.1) is 0 Å². The summed E-state index contributed by atoms with van der Waals surface area (Å²) in [4.78, 5) is 22.7. The third-order valence-electron chi connectivity index (χ3n) is 4.66. The Kier molecular flexibility index (Phi) is 6.75. The molecule has 2 aromatic rings. The Balaban J connectivity index is 1.77. The van der Waals surface area contributed by atoms with Crippen molar-refractivity contribution >= 4 is 39.1 Å². The summed E-state index contributed by atoms with van der Waals surface area (Å²) in [5.74, 6) is 1.79. The maximum absolute atomic E-state index is 12.5. The molecule has 10 heteroatoms. The second kappa shape index (κ2) is 9.27. The smallest absolute Gasteiger partial charge is 0.293 e. The number of hydrogen-bond donors (Lipinski definition) is 2. The van der Waals surface area contributed by atoms with Crippen molar-refractivity contribution in [1.82, 2.24) is 4.72 Å². The molecule has 1 fully saturated rings. The van der Waals surface area contributed by atoms with Gasteiger partial charge in [-0.05, 0) is 54.5 Å². The number of thioether (sulfide) groups is 1. The zero-order chi connectivity index (χ0) is 20.9. The normalized spacial score (nSPS) is 14.9. The van der Waals surface area contributed by atoms with Crippen molar-refractivity contribution < 1.29 is 18.1 Å². The van der Waals surface area contributed by atoms with Gasteiger partial charge in [-0.3, -0.25) is 14.9 Å². The van der Waals surface area contributed by atoms with Gasteiger partial charge in [0, 0.05) is 18.2 Å². The average molecular weight is 436 g/mol. The van der Waals surface area contributed by atoms with E-state index in [9.17, 15) is 23.3 Å². The quantitative estimate of drug-likeness (QED) is 0.506. The molecule has 0 saturated carbocycles. The minimum Gasteiger partial charge on any atom is -0.379 e. The predicted molar refractivity (Wildman–Crippen MR) is 113 cm³/mol. The first kappa shape index (κ1) is 21.1. The van der Waals surface area contributed by atoms with E-state index in [0.29, 0.717) is 12.5 Å². The SMILES string of the molecule is O=C(NS(=O)(=O)c1ccc(NCC2CCSCC2)c([N+](=O)[O-])c1)c1ccccc1. The molecular formula is C19H21N3O5S2. The number of benzene rings is 2. The molecule has 8 nitrogen and oxygen atoms in total. The van der Waals surface area contributed by atoms with Gasteiger partial charge in [0.1, 0.15) is 5.69 Å². The van der Waals surface area contributed by atoms with Crippen molar-refractivity contribution in [3.63, 3.8) is 0 Å². The fourth-order valence-corrected chi connectivity index (χ4v) is 5.21. The predicted octanol–water partition coefficient (Wildman–Crippen LogP) is 3.27. The first-order valence-corrected chi connectivity index (χ1v) is 11.7. The molecule has 0 aliphatic carbocycles. The molecule has 1 heterocycles. The van der Waals surface area contributed by atoms with Crippen molar-refractivity contribution in [2.75, 3.05) is 23.4 Å². The number of anilines is 1. The van der Waals surface area contributed by atoms with Gasteiger partial charge in [0.05, 0.1) is 9.82 Å². The molecule has 2 aromatic carbocycles. The maximum atomic E-state index is 12.5. The first-order chi connectivity index (χ1) is 13.9. The van der Waals surface area contributed by atoms with Crippen molar-refractivity contribution in [3.05, 3.63) is 64.2 Å². The summed E-state index contributed by atoms with van der Waals surface area (Å²) in [5.41, 5.74) is 0.0984. The van der Waals surface area contributed by atoms with Crippen LogP contribution in [0.2, 0.25) is 0 Å². The van der Waals surface area contributed by atoms with Gasteiger partial charge in [0.15, 0.2) is 0 Å². The Morgan fingerprint density at radius 3 is 2.48 bits per heavy atom. The van der Waals surface area contributed by atoms with Crippen LogP contribution in [0.15, 0.2) is 53.4 Å². The van der Waals surface area contributed by atoms with Crippen molar-refractivity contribution in [2.45, 2.75) is 17.7 Å². The number of sulfonamides is 1. The van der Waals surface area contributed by atoms with Crippen LogP contribution in [0.25, 0.3) is 0 Å². The van der Waals surface area contributed by atoms with Crippen LogP contribution in [0.3, 0.4) is 0 Å². The van der Waals surface area contributed by atoms with E-state index in [2.05, 4.69) is 5.32 Å². The number of hydrogen-bond acceptors (Lipinski definition) is 7.